The molecule has 4 aliphatic rings. The maximum atomic E-state index is 5.55. The van der Waals surface area contributed by atoms with Gasteiger partial charge in [0, 0.05) is 56.4 Å². The lowest BCUT2D eigenvalue weighted by molar-refractivity contribution is -0.125. The van der Waals surface area contributed by atoms with Gasteiger partial charge in [0.25, 0.3) is 0 Å². The van der Waals surface area contributed by atoms with Crippen LogP contribution in [0.4, 0.5) is 0 Å². The average Bonchev–Trinajstić information content (AvgIpc) is 2.94. The van der Waals surface area contributed by atoms with Crippen molar-refractivity contribution in [3.05, 3.63) is 0 Å². The van der Waals surface area contributed by atoms with Crippen LogP contribution in [0.5, 0.6) is 0 Å². The Bertz CT molecular complexity index is 393. The second-order valence-corrected chi connectivity index (χ2v) is 9.02. The van der Waals surface area contributed by atoms with Crippen LogP contribution in [0.25, 0.3) is 0 Å². The summed E-state index contributed by atoms with van der Waals surface area (Å²) in [6, 6.07) is 0.732. The van der Waals surface area contributed by atoms with E-state index in [-0.39, 0.29) is 0 Å². The van der Waals surface area contributed by atoms with E-state index in [0.717, 1.165) is 37.0 Å². The maximum absolute atomic E-state index is 5.55. The summed E-state index contributed by atoms with van der Waals surface area (Å²) in [4.78, 5) is 5.47. The first-order chi connectivity index (χ1) is 9.93. The Morgan fingerprint density at radius 2 is 1.62 bits per heavy atom. The summed E-state index contributed by atoms with van der Waals surface area (Å²) in [7, 11) is 0. The topological polar surface area (TPSA) is 15.7 Å². The normalized spacial score (nSPS) is 39.6. The Morgan fingerprint density at radius 1 is 1.05 bits per heavy atom. The molecule has 2 atom stereocenters. The van der Waals surface area contributed by atoms with Crippen LogP contribution in [-0.4, -0.2) is 60.8 Å². The first-order valence-electron chi connectivity index (χ1n) is 9.00. The molecule has 120 valence electrons. The summed E-state index contributed by atoms with van der Waals surface area (Å²) < 4.78 is 5.55. The van der Waals surface area contributed by atoms with Crippen molar-refractivity contribution < 1.29 is 4.74 Å². The molecular formula is C18H32N2O. The van der Waals surface area contributed by atoms with Gasteiger partial charge in [-0.25, -0.2) is 0 Å². The van der Waals surface area contributed by atoms with Crippen molar-refractivity contribution in [2.45, 2.75) is 52.1 Å². The van der Waals surface area contributed by atoms with E-state index >= 15 is 0 Å². The fourth-order valence-corrected chi connectivity index (χ4v) is 5.53. The van der Waals surface area contributed by atoms with Crippen LogP contribution in [-0.2, 0) is 4.74 Å². The molecule has 0 radical (unpaired) electrons. The molecule has 1 aliphatic carbocycles. The van der Waals surface area contributed by atoms with Crippen molar-refractivity contribution in [1.82, 2.24) is 9.80 Å². The molecule has 3 saturated heterocycles. The van der Waals surface area contributed by atoms with Gasteiger partial charge in [-0.3, -0.25) is 4.90 Å². The van der Waals surface area contributed by atoms with E-state index in [1.54, 1.807) is 0 Å². The quantitative estimate of drug-likeness (QED) is 0.795. The highest BCUT2D eigenvalue weighted by Gasteiger charge is 2.64. The minimum Gasteiger partial charge on any atom is -0.381 e. The van der Waals surface area contributed by atoms with E-state index in [4.69, 9.17) is 4.74 Å². The third kappa shape index (κ3) is 2.19. The molecule has 0 bridgehead atoms. The highest BCUT2D eigenvalue weighted by molar-refractivity contribution is 5.16. The van der Waals surface area contributed by atoms with Crippen molar-refractivity contribution in [3.63, 3.8) is 0 Å². The molecule has 0 N–H and O–H groups in total. The number of piperidine rings is 1. The van der Waals surface area contributed by atoms with Gasteiger partial charge < -0.3 is 9.64 Å². The first-order valence-corrected chi connectivity index (χ1v) is 9.00. The van der Waals surface area contributed by atoms with Gasteiger partial charge in [0.15, 0.2) is 0 Å². The molecule has 0 aromatic heterocycles. The largest absolute Gasteiger partial charge is 0.381 e. The summed E-state index contributed by atoms with van der Waals surface area (Å²) in [5, 5.41) is 0. The van der Waals surface area contributed by atoms with Crippen molar-refractivity contribution in [2.75, 3.05) is 39.4 Å². The van der Waals surface area contributed by atoms with E-state index in [1.165, 1.54) is 39.0 Å². The summed E-state index contributed by atoms with van der Waals surface area (Å²) >= 11 is 0. The van der Waals surface area contributed by atoms with Gasteiger partial charge in [0.1, 0.15) is 0 Å². The average molecular weight is 292 g/mol. The number of likely N-dealkylation sites (tertiary alicyclic amines) is 2. The monoisotopic (exact) mass is 292 g/mol. The minimum absolute atomic E-state index is 0.419. The van der Waals surface area contributed by atoms with Crippen molar-refractivity contribution in [1.29, 1.82) is 0 Å². The van der Waals surface area contributed by atoms with Gasteiger partial charge in [0.2, 0.25) is 0 Å². The molecule has 2 unspecified atom stereocenters. The number of ether oxygens (including phenoxy) is 1. The number of nitrogens with zero attached hydrogens (tertiary/aromatic N) is 2. The van der Waals surface area contributed by atoms with Crippen LogP contribution in [0, 0.1) is 23.2 Å². The van der Waals surface area contributed by atoms with Crippen molar-refractivity contribution >= 4 is 0 Å². The van der Waals surface area contributed by atoms with E-state index in [9.17, 15) is 0 Å². The second kappa shape index (κ2) is 4.69. The molecule has 4 fully saturated rings. The molecule has 4 rings (SSSR count). The lowest BCUT2D eigenvalue weighted by Crippen LogP contribution is -2.66. The molecule has 3 aliphatic heterocycles. The van der Waals surface area contributed by atoms with Crippen LogP contribution in [0.3, 0.4) is 0 Å². The number of fused-ring (bicyclic) bond motifs is 1. The zero-order valence-electron chi connectivity index (χ0n) is 14.3. The zero-order valence-corrected chi connectivity index (χ0v) is 14.3. The predicted molar refractivity (Wildman–Crippen MR) is 85.3 cm³/mol. The predicted octanol–water partition coefficient (Wildman–Crippen LogP) is 2.46. The zero-order chi connectivity index (χ0) is 14.8. The Kier molecular flexibility index (Phi) is 3.23. The van der Waals surface area contributed by atoms with E-state index in [2.05, 4.69) is 37.5 Å². The van der Waals surface area contributed by atoms with Gasteiger partial charge in [-0.05, 0) is 58.3 Å². The summed E-state index contributed by atoms with van der Waals surface area (Å²) in [5.41, 5.74) is 1.03. The van der Waals surface area contributed by atoms with Gasteiger partial charge in [-0.1, -0.05) is 0 Å². The highest BCUT2D eigenvalue weighted by Crippen LogP contribution is 2.60. The fraction of sp³-hybridized carbons (Fsp3) is 1.00. The maximum Gasteiger partial charge on any atom is 0.0472 e. The molecule has 3 nitrogen and oxygen atoms in total. The van der Waals surface area contributed by atoms with Gasteiger partial charge in [0.05, 0.1) is 0 Å². The van der Waals surface area contributed by atoms with Crippen LogP contribution in [0.1, 0.15) is 40.5 Å². The number of hydrogen-bond acceptors (Lipinski definition) is 3. The van der Waals surface area contributed by atoms with Crippen LogP contribution in [0.2, 0.25) is 0 Å². The standard InChI is InChI=1S/C18H32N2O/c1-13(2)19-9-14-15(10-19)16(14)17(3,4)20-11-18(12-20)5-7-21-8-6-18/h13-16H,5-12H2,1-4H3. The summed E-state index contributed by atoms with van der Waals surface area (Å²) in [6.07, 6.45) is 2.58. The number of rotatable bonds is 3. The van der Waals surface area contributed by atoms with Gasteiger partial charge in [-0.2, -0.15) is 0 Å². The summed E-state index contributed by atoms with van der Waals surface area (Å²) in [5.74, 6) is 2.91. The molecule has 0 aromatic rings. The van der Waals surface area contributed by atoms with Crippen LogP contribution in [0.15, 0.2) is 0 Å². The lowest BCUT2D eigenvalue weighted by atomic mass is 9.70. The van der Waals surface area contributed by atoms with Crippen LogP contribution >= 0.6 is 0 Å². The van der Waals surface area contributed by atoms with E-state index < -0.39 is 0 Å². The Hall–Kier alpha value is -0.120. The third-order valence-electron chi connectivity index (χ3n) is 7.19. The molecule has 0 aromatic carbocycles. The fourth-order valence-electron chi connectivity index (χ4n) is 5.53. The Labute approximate surface area is 130 Å². The van der Waals surface area contributed by atoms with Gasteiger partial charge in [-0.15, -0.1) is 0 Å². The van der Waals surface area contributed by atoms with E-state index in [1.807, 2.05) is 0 Å². The Morgan fingerprint density at radius 3 is 2.14 bits per heavy atom. The smallest absolute Gasteiger partial charge is 0.0472 e. The van der Waals surface area contributed by atoms with Gasteiger partial charge >= 0.3 is 0 Å². The number of hydrogen-bond donors (Lipinski definition) is 0. The van der Waals surface area contributed by atoms with E-state index in [0.29, 0.717) is 11.0 Å². The lowest BCUT2D eigenvalue weighted by Gasteiger charge is -2.58. The summed E-state index contributed by atoms with van der Waals surface area (Å²) in [6.45, 7) is 17.1. The van der Waals surface area contributed by atoms with Crippen LogP contribution < -0.4 is 0 Å². The van der Waals surface area contributed by atoms with Crippen molar-refractivity contribution in [3.8, 4) is 0 Å². The molecule has 3 heteroatoms. The molecule has 1 saturated carbocycles. The highest BCUT2D eigenvalue weighted by atomic mass is 16.5. The Balaban J connectivity index is 1.35. The molecule has 3 heterocycles. The molecular weight excluding hydrogens is 260 g/mol. The van der Waals surface area contributed by atoms with Crippen molar-refractivity contribution in [2.24, 2.45) is 23.2 Å². The first kappa shape index (κ1) is 14.5. The third-order valence-corrected chi connectivity index (χ3v) is 7.19. The molecule has 1 spiro atoms. The SMILES string of the molecule is CC(C)N1CC2C(C1)C2C(C)(C)N1CC2(CCOCC2)C1. The second-order valence-electron chi connectivity index (χ2n) is 9.02. The minimum atomic E-state index is 0.419. The molecule has 21 heavy (non-hydrogen) atoms. The molecule has 0 amide bonds.